The fourth-order valence-electron chi connectivity index (χ4n) is 2.37. The Bertz CT molecular complexity index is 331. The highest BCUT2D eigenvalue weighted by molar-refractivity contribution is 5.84. The zero-order valence-corrected chi connectivity index (χ0v) is 12.3. The maximum Gasteiger partial charge on any atom is 0.227 e. The Labute approximate surface area is 115 Å². The average molecular weight is 269 g/mol. The first kappa shape index (κ1) is 16.0. The Morgan fingerprint density at radius 3 is 2.58 bits per heavy atom. The van der Waals surface area contributed by atoms with E-state index >= 15 is 0 Å². The zero-order chi connectivity index (χ0) is 14.5. The van der Waals surface area contributed by atoms with Gasteiger partial charge in [-0.1, -0.05) is 20.3 Å². The number of hydrogen-bond acceptors (Lipinski definition) is 3. The van der Waals surface area contributed by atoms with Crippen LogP contribution >= 0.6 is 0 Å². The molecule has 0 saturated heterocycles. The third-order valence-electron chi connectivity index (χ3n) is 3.89. The lowest BCUT2D eigenvalue weighted by molar-refractivity contribution is -0.130. The van der Waals surface area contributed by atoms with Gasteiger partial charge in [0, 0.05) is 25.6 Å². The third-order valence-corrected chi connectivity index (χ3v) is 3.89. The molecule has 0 bridgehead atoms. The smallest absolute Gasteiger partial charge is 0.227 e. The lowest BCUT2D eigenvalue weighted by Crippen LogP contribution is -2.48. The van der Waals surface area contributed by atoms with Crippen LogP contribution in [0.15, 0.2) is 0 Å². The molecule has 1 saturated carbocycles. The molecule has 0 radical (unpaired) electrons. The van der Waals surface area contributed by atoms with Gasteiger partial charge in [-0.05, 0) is 25.7 Å². The first-order valence-corrected chi connectivity index (χ1v) is 7.17. The Kier molecular flexibility index (Phi) is 5.79. The fourth-order valence-corrected chi connectivity index (χ4v) is 2.37. The van der Waals surface area contributed by atoms with Crippen molar-refractivity contribution in [3.63, 3.8) is 0 Å². The van der Waals surface area contributed by atoms with Crippen LogP contribution in [0.5, 0.6) is 0 Å². The van der Waals surface area contributed by atoms with Gasteiger partial charge >= 0.3 is 0 Å². The summed E-state index contributed by atoms with van der Waals surface area (Å²) in [7, 11) is 0. The first-order chi connectivity index (χ1) is 8.86. The van der Waals surface area contributed by atoms with Crippen LogP contribution in [0.25, 0.3) is 0 Å². The van der Waals surface area contributed by atoms with E-state index in [9.17, 15) is 9.59 Å². The maximum absolute atomic E-state index is 12.1. The summed E-state index contributed by atoms with van der Waals surface area (Å²) in [5, 5.41) is 5.66. The molecule has 4 N–H and O–H groups in total. The summed E-state index contributed by atoms with van der Waals surface area (Å²) in [4.78, 5) is 23.6. The van der Waals surface area contributed by atoms with E-state index < -0.39 is 5.41 Å². The number of nitrogens with two attached hydrogens (primary N) is 1. The maximum atomic E-state index is 12.1. The third kappa shape index (κ3) is 4.49. The molecule has 0 aromatic carbocycles. The first-order valence-electron chi connectivity index (χ1n) is 7.17. The highest BCUT2D eigenvalue weighted by Gasteiger charge is 2.42. The molecular formula is C14H27N3O2. The van der Waals surface area contributed by atoms with Crippen LogP contribution in [0.3, 0.4) is 0 Å². The van der Waals surface area contributed by atoms with E-state index in [-0.39, 0.29) is 17.9 Å². The van der Waals surface area contributed by atoms with E-state index in [1.165, 1.54) is 0 Å². The van der Waals surface area contributed by atoms with Crippen molar-refractivity contribution in [2.45, 2.75) is 52.5 Å². The van der Waals surface area contributed by atoms with Crippen molar-refractivity contribution in [2.24, 2.45) is 17.1 Å². The monoisotopic (exact) mass is 269 g/mol. The van der Waals surface area contributed by atoms with Crippen LogP contribution in [-0.2, 0) is 9.59 Å². The second kappa shape index (κ2) is 6.89. The van der Waals surface area contributed by atoms with Crippen LogP contribution in [0, 0.1) is 11.3 Å². The lowest BCUT2D eigenvalue weighted by atomic mass is 9.84. The molecule has 0 aromatic heterocycles. The lowest BCUT2D eigenvalue weighted by Gasteiger charge is -2.27. The summed E-state index contributed by atoms with van der Waals surface area (Å²) < 4.78 is 0. The van der Waals surface area contributed by atoms with Gasteiger partial charge in [0.1, 0.15) is 0 Å². The van der Waals surface area contributed by atoms with Gasteiger partial charge in [-0.25, -0.2) is 0 Å². The van der Waals surface area contributed by atoms with Crippen molar-refractivity contribution in [3.05, 3.63) is 0 Å². The van der Waals surface area contributed by atoms with Gasteiger partial charge in [0.25, 0.3) is 0 Å². The molecule has 5 heteroatoms. The van der Waals surface area contributed by atoms with Gasteiger partial charge < -0.3 is 16.4 Å². The van der Waals surface area contributed by atoms with Crippen molar-refractivity contribution in [2.75, 3.05) is 13.1 Å². The summed E-state index contributed by atoms with van der Waals surface area (Å²) >= 11 is 0. The van der Waals surface area contributed by atoms with Crippen LogP contribution in [0.4, 0.5) is 0 Å². The number of carbonyl (C=O) groups excluding carboxylic acids is 2. The molecule has 1 rings (SSSR count). The predicted octanol–water partition coefficient (Wildman–Crippen LogP) is 0.782. The molecule has 0 heterocycles. The standard InChI is InChI=1S/C14H27N3O2/c1-10(2)9-17-12(18)6-8-16-13(19)14(3)7-4-5-11(14)15/h10-11H,4-9,15H2,1-3H3,(H,16,19)(H,17,18). The Balaban J connectivity index is 2.25. The summed E-state index contributed by atoms with van der Waals surface area (Å²) in [6.45, 7) is 7.06. The number of carbonyl (C=O) groups is 2. The van der Waals surface area contributed by atoms with E-state index in [0.717, 1.165) is 19.3 Å². The largest absolute Gasteiger partial charge is 0.356 e. The predicted molar refractivity (Wildman–Crippen MR) is 75.4 cm³/mol. The van der Waals surface area contributed by atoms with Gasteiger partial charge in [0.05, 0.1) is 5.41 Å². The highest BCUT2D eigenvalue weighted by Crippen LogP contribution is 2.36. The molecule has 0 aliphatic heterocycles. The molecule has 0 aromatic rings. The van der Waals surface area contributed by atoms with Gasteiger partial charge in [-0.2, -0.15) is 0 Å². The summed E-state index contributed by atoms with van der Waals surface area (Å²) in [5.41, 5.74) is 5.52. The molecule has 19 heavy (non-hydrogen) atoms. The van der Waals surface area contributed by atoms with Crippen LogP contribution in [0.2, 0.25) is 0 Å². The number of nitrogens with one attached hydrogen (secondary N) is 2. The molecule has 1 fully saturated rings. The second-order valence-corrected chi connectivity index (χ2v) is 6.12. The Morgan fingerprint density at radius 1 is 1.37 bits per heavy atom. The Hall–Kier alpha value is -1.10. The summed E-state index contributed by atoms with van der Waals surface area (Å²) in [5.74, 6) is 0.401. The second-order valence-electron chi connectivity index (χ2n) is 6.12. The van der Waals surface area contributed by atoms with Crippen molar-refractivity contribution in [1.82, 2.24) is 10.6 Å². The van der Waals surface area contributed by atoms with Crippen LogP contribution in [0.1, 0.15) is 46.5 Å². The van der Waals surface area contributed by atoms with Crippen LogP contribution < -0.4 is 16.4 Å². The zero-order valence-electron chi connectivity index (χ0n) is 12.3. The molecule has 2 amide bonds. The van der Waals surface area contributed by atoms with E-state index in [2.05, 4.69) is 10.6 Å². The van der Waals surface area contributed by atoms with Crippen molar-refractivity contribution < 1.29 is 9.59 Å². The molecule has 1 aliphatic carbocycles. The quantitative estimate of drug-likeness (QED) is 0.666. The topological polar surface area (TPSA) is 84.2 Å². The van der Waals surface area contributed by atoms with Crippen molar-refractivity contribution in [3.8, 4) is 0 Å². The van der Waals surface area contributed by atoms with Crippen LogP contribution in [-0.4, -0.2) is 30.9 Å². The minimum atomic E-state index is -0.464. The van der Waals surface area contributed by atoms with Gasteiger partial charge in [0.15, 0.2) is 0 Å². The Morgan fingerprint density at radius 2 is 2.05 bits per heavy atom. The van der Waals surface area contributed by atoms with E-state index in [0.29, 0.717) is 25.4 Å². The van der Waals surface area contributed by atoms with Gasteiger partial charge in [-0.15, -0.1) is 0 Å². The SMILES string of the molecule is CC(C)CNC(=O)CCNC(=O)C1(C)CCCC1N. The van der Waals surface area contributed by atoms with Crippen molar-refractivity contribution in [1.29, 1.82) is 0 Å². The number of amides is 2. The minimum absolute atomic E-state index is 0.0186. The summed E-state index contributed by atoms with van der Waals surface area (Å²) in [6.07, 6.45) is 3.06. The molecule has 2 unspecified atom stereocenters. The highest BCUT2D eigenvalue weighted by atomic mass is 16.2. The molecule has 110 valence electrons. The average Bonchev–Trinajstić information content (AvgIpc) is 2.68. The molecule has 2 atom stereocenters. The number of hydrogen-bond donors (Lipinski definition) is 3. The minimum Gasteiger partial charge on any atom is -0.356 e. The number of rotatable bonds is 6. The fraction of sp³-hybridized carbons (Fsp3) is 0.857. The normalized spacial score (nSPS) is 26.5. The van der Waals surface area contributed by atoms with E-state index in [1.54, 1.807) is 0 Å². The van der Waals surface area contributed by atoms with Crippen molar-refractivity contribution >= 4 is 11.8 Å². The van der Waals surface area contributed by atoms with E-state index in [4.69, 9.17) is 5.73 Å². The molecule has 5 nitrogen and oxygen atoms in total. The van der Waals surface area contributed by atoms with Gasteiger partial charge in [-0.3, -0.25) is 9.59 Å². The van der Waals surface area contributed by atoms with Gasteiger partial charge in [0.2, 0.25) is 11.8 Å². The molecule has 0 spiro atoms. The summed E-state index contributed by atoms with van der Waals surface area (Å²) in [6, 6.07) is -0.0673. The molecule has 1 aliphatic rings. The van der Waals surface area contributed by atoms with E-state index in [1.807, 2.05) is 20.8 Å². The molecular weight excluding hydrogens is 242 g/mol.